The first kappa shape index (κ1) is 25.4. The minimum Gasteiger partial charge on any atom is -0.328 e. The Morgan fingerprint density at radius 3 is 1.83 bits per heavy atom. The van der Waals surface area contributed by atoms with Crippen molar-refractivity contribution in [1.82, 2.24) is 0 Å². The van der Waals surface area contributed by atoms with Crippen LogP contribution >= 0.6 is 0 Å². The Morgan fingerprint density at radius 1 is 0.714 bits per heavy atom. The van der Waals surface area contributed by atoms with Gasteiger partial charge in [-0.1, -0.05) is 84.0 Å². The molecule has 2 aliphatic carbocycles. The molecule has 2 unspecified atom stereocenters. The summed E-state index contributed by atoms with van der Waals surface area (Å²) in [5, 5.41) is 0. The fourth-order valence-corrected chi connectivity index (χ4v) is 5.85. The summed E-state index contributed by atoms with van der Waals surface area (Å²) in [5.74, 6) is 1.05. The normalized spacial score (nSPS) is 26.5. The Balaban J connectivity index is 1.68. The molecule has 2 fully saturated rings. The smallest absolute Gasteiger partial charge is 0.00767 e. The Hall–Kier alpha value is -2.68. The highest BCUT2D eigenvalue weighted by Crippen LogP contribution is 2.43. The summed E-state index contributed by atoms with van der Waals surface area (Å²) in [6, 6.07) is 18.5. The molecule has 0 amide bonds. The quantitative estimate of drug-likeness (QED) is 0.402. The average Bonchev–Trinajstić information content (AvgIpc) is 2.86. The van der Waals surface area contributed by atoms with Crippen molar-refractivity contribution in [1.29, 1.82) is 0 Å². The lowest BCUT2D eigenvalue weighted by Crippen LogP contribution is -2.32. The van der Waals surface area contributed by atoms with Crippen molar-refractivity contribution in [3.63, 3.8) is 0 Å². The van der Waals surface area contributed by atoms with Crippen LogP contribution in [0.1, 0.15) is 67.2 Å². The summed E-state index contributed by atoms with van der Waals surface area (Å²) in [4.78, 5) is 0. The highest BCUT2D eigenvalue weighted by molar-refractivity contribution is 5.60. The number of allylic oxidation sites excluding steroid dienone is 3. The number of hydrogen-bond acceptors (Lipinski definition) is 2. The zero-order chi connectivity index (χ0) is 24.6. The first-order valence-electron chi connectivity index (χ1n) is 13.4. The summed E-state index contributed by atoms with van der Waals surface area (Å²) in [5.41, 5.74) is 21.1. The number of nitrogens with two attached hydrogens (primary N) is 2. The van der Waals surface area contributed by atoms with Crippen molar-refractivity contribution in [2.45, 2.75) is 69.9 Å². The molecule has 2 saturated carbocycles. The molecule has 2 aliphatic rings. The molecule has 4 rings (SSSR count). The van der Waals surface area contributed by atoms with E-state index in [1.54, 1.807) is 5.57 Å². The molecule has 0 saturated heterocycles. The van der Waals surface area contributed by atoms with E-state index in [1.165, 1.54) is 40.7 Å². The van der Waals surface area contributed by atoms with Gasteiger partial charge in [0, 0.05) is 18.0 Å². The van der Waals surface area contributed by atoms with Crippen molar-refractivity contribution < 1.29 is 0 Å². The summed E-state index contributed by atoms with van der Waals surface area (Å²) >= 11 is 0. The third kappa shape index (κ3) is 6.93. The SMILES string of the molecule is C=CCc1ccc(C=C2CC(N)CCC2C(=Cc2ccc(CC=C)cc2)C2CCC(N)CC2)cc1. The van der Waals surface area contributed by atoms with Crippen LogP contribution in [0.2, 0.25) is 0 Å². The maximum absolute atomic E-state index is 6.50. The van der Waals surface area contributed by atoms with E-state index in [0.717, 1.165) is 44.9 Å². The molecule has 35 heavy (non-hydrogen) atoms. The van der Waals surface area contributed by atoms with Gasteiger partial charge in [0.2, 0.25) is 0 Å². The average molecular weight is 467 g/mol. The second kappa shape index (κ2) is 12.3. The van der Waals surface area contributed by atoms with Crippen LogP contribution < -0.4 is 11.5 Å². The van der Waals surface area contributed by atoms with E-state index < -0.39 is 0 Å². The van der Waals surface area contributed by atoms with Gasteiger partial charge in [0.05, 0.1) is 0 Å². The van der Waals surface area contributed by atoms with E-state index in [9.17, 15) is 0 Å². The summed E-state index contributed by atoms with van der Waals surface area (Å²) in [6.45, 7) is 7.74. The van der Waals surface area contributed by atoms with Crippen molar-refractivity contribution in [2.24, 2.45) is 23.3 Å². The topological polar surface area (TPSA) is 52.0 Å². The molecule has 0 aromatic heterocycles. The van der Waals surface area contributed by atoms with Crippen LogP contribution in [0, 0.1) is 11.8 Å². The van der Waals surface area contributed by atoms with Gasteiger partial charge in [0.15, 0.2) is 0 Å². The highest BCUT2D eigenvalue weighted by Gasteiger charge is 2.32. The van der Waals surface area contributed by atoms with Gasteiger partial charge in [-0.3, -0.25) is 0 Å². The number of benzene rings is 2. The number of rotatable bonds is 8. The molecule has 2 nitrogen and oxygen atoms in total. The molecule has 0 heterocycles. The van der Waals surface area contributed by atoms with Gasteiger partial charge in [0.1, 0.15) is 0 Å². The molecular formula is C33H42N2. The van der Waals surface area contributed by atoms with Gasteiger partial charge in [0.25, 0.3) is 0 Å². The summed E-state index contributed by atoms with van der Waals surface area (Å²) in [7, 11) is 0. The predicted molar refractivity (Wildman–Crippen MR) is 152 cm³/mol. The lowest BCUT2D eigenvalue weighted by Gasteiger charge is -2.37. The van der Waals surface area contributed by atoms with Crippen molar-refractivity contribution in [3.05, 3.63) is 107 Å². The minimum absolute atomic E-state index is 0.247. The summed E-state index contributed by atoms with van der Waals surface area (Å²) in [6.07, 6.45) is 18.5. The van der Waals surface area contributed by atoms with Gasteiger partial charge in [-0.25, -0.2) is 0 Å². The first-order chi connectivity index (χ1) is 17.1. The molecule has 0 spiro atoms. The Labute approximate surface area is 212 Å². The largest absolute Gasteiger partial charge is 0.328 e. The van der Waals surface area contributed by atoms with Crippen LogP contribution in [0.15, 0.2) is 85.0 Å². The molecule has 2 atom stereocenters. The molecule has 184 valence electrons. The molecule has 0 bridgehead atoms. The maximum Gasteiger partial charge on any atom is 0.00767 e. The van der Waals surface area contributed by atoms with E-state index in [2.05, 4.69) is 73.8 Å². The molecular weight excluding hydrogens is 424 g/mol. The van der Waals surface area contributed by atoms with E-state index in [1.807, 2.05) is 12.2 Å². The summed E-state index contributed by atoms with van der Waals surface area (Å²) < 4.78 is 0. The zero-order valence-corrected chi connectivity index (χ0v) is 21.2. The van der Waals surface area contributed by atoms with Crippen LogP contribution in [-0.4, -0.2) is 12.1 Å². The van der Waals surface area contributed by atoms with Crippen LogP contribution in [0.25, 0.3) is 12.2 Å². The third-order valence-corrected chi connectivity index (χ3v) is 7.82. The monoisotopic (exact) mass is 466 g/mol. The lowest BCUT2D eigenvalue weighted by atomic mass is 9.69. The van der Waals surface area contributed by atoms with E-state index in [-0.39, 0.29) is 6.04 Å². The first-order valence-corrected chi connectivity index (χ1v) is 13.4. The van der Waals surface area contributed by atoms with E-state index >= 15 is 0 Å². The molecule has 4 N–H and O–H groups in total. The Kier molecular flexibility index (Phi) is 8.95. The third-order valence-electron chi connectivity index (χ3n) is 7.82. The standard InChI is InChI=1S/C33H42N2/c1-3-5-24-7-11-26(12-8-24)21-29-23-31(35)19-20-32(29)33(28-15-17-30(34)18-16-28)22-27-13-9-25(6-4-2)10-14-27/h3-4,7-14,21-22,28,30-32H,1-2,5-6,15-20,23,34-35H2. The van der Waals surface area contributed by atoms with Crippen molar-refractivity contribution >= 4 is 12.2 Å². The van der Waals surface area contributed by atoms with Crippen LogP contribution in [-0.2, 0) is 12.8 Å². The highest BCUT2D eigenvalue weighted by atomic mass is 14.6. The molecule has 2 aromatic carbocycles. The van der Waals surface area contributed by atoms with Crippen molar-refractivity contribution in [2.75, 3.05) is 0 Å². The van der Waals surface area contributed by atoms with Crippen molar-refractivity contribution in [3.8, 4) is 0 Å². The molecule has 0 aliphatic heterocycles. The van der Waals surface area contributed by atoms with Gasteiger partial charge in [-0.15, -0.1) is 13.2 Å². The zero-order valence-electron chi connectivity index (χ0n) is 21.2. The molecule has 2 aromatic rings. The number of hydrogen-bond donors (Lipinski definition) is 2. The minimum atomic E-state index is 0.247. The fraction of sp³-hybridized carbons (Fsp3) is 0.394. The van der Waals surface area contributed by atoms with E-state index in [0.29, 0.717) is 17.9 Å². The Morgan fingerprint density at radius 2 is 1.26 bits per heavy atom. The second-order valence-electron chi connectivity index (χ2n) is 10.5. The second-order valence-corrected chi connectivity index (χ2v) is 10.5. The molecule has 2 heteroatoms. The lowest BCUT2D eigenvalue weighted by molar-refractivity contribution is 0.332. The fourth-order valence-electron chi connectivity index (χ4n) is 5.85. The van der Waals surface area contributed by atoms with E-state index in [4.69, 9.17) is 11.5 Å². The van der Waals surface area contributed by atoms with Crippen LogP contribution in [0.5, 0.6) is 0 Å². The van der Waals surface area contributed by atoms with Gasteiger partial charge in [-0.2, -0.15) is 0 Å². The van der Waals surface area contributed by atoms with Crippen LogP contribution in [0.4, 0.5) is 0 Å². The molecule has 0 radical (unpaired) electrons. The predicted octanol–water partition coefficient (Wildman–Crippen LogP) is 7.26. The maximum atomic E-state index is 6.50. The van der Waals surface area contributed by atoms with Gasteiger partial charge >= 0.3 is 0 Å². The van der Waals surface area contributed by atoms with Crippen LogP contribution in [0.3, 0.4) is 0 Å². The van der Waals surface area contributed by atoms with Gasteiger partial charge < -0.3 is 11.5 Å². The Bertz CT molecular complexity index is 1030. The van der Waals surface area contributed by atoms with Gasteiger partial charge in [-0.05, 0) is 86.0 Å².